The molecule has 0 N–H and O–H groups in total. The largest absolute Gasteiger partial charge is 0.494 e. The van der Waals surface area contributed by atoms with Crippen molar-refractivity contribution in [1.82, 2.24) is 9.88 Å². The van der Waals surface area contributed by atoms with Crippen LogP contribution in [0.2, 0.25) is 5.02 Å². The van der Waals surface area contributed by atoms with E-state index in [1.165, 1.54) is 29.5 Å². The molecule has 1 amide bonds. The lowest BCUT2D eigenvalue weighted by Gasteiger charge is -2.24. The van der Waals surface area contributed by atoms with Gasteiger partial charge in [0.2, 0.25) is 0 Å². The van der Waals surface area contributed by atoms with Crippen LogP contribution >= 0.6 is 22.9 Å². The van der Waals surface area contributed by atoms with Crippen molar-refractivity contribution in [3.05, 3.63) is 57.1 Å². The van der Waals surface area contributed by atoms with Crippen molar-refractivity contribution in [2.75, 3.05) is 38.2 Å². The number of fused-ring (bicyclic) bond motifs is 1. The fraction of sp³-hybridized carbons (Fsp3) is 0.333. The number of nitro benzene ring substituents is 1. The first kappa shape index (κ1) is 22.9. The van der Waals surface area contributed by atoms with Crippen LogP contribution in [0.5, 0.6) is 5.75 Å². The van der Waals surface area contributed by atoms with Gasteiger partial charge in [0.1, 0.15) is 11.3 Å². The van der Waals surface area contributed by atoms with Crippen LogP contribution in [0.3, 0.4) is 0 Å². The minimum absolute atomic E-state index is 0.136. The molecule has 0 spiro atoms. The molecule has 0 radical (unpaired) electrons. The minimum atomic E-state index is -0.515. The quantitative estimate of drug-likeness (QED) is 0.333. The number of methoxy groups -OCH3 is 1. The second-order valence-electron chi connectivity index (χ2n) is 6.71. The summed E-state index contributed by atoms with van der Waals surface area (Å²) in [5, 5.41) is 12.2. The summed E-state index contributed by atoms with van der Waals surface area (Å²) in [5.41, 5.74) is 0.671. The Bertz CT molecular complexity index is 1100. The first-order valence-corrected chi connectivity index (χ1v) is 11.0. The zero-order valence-corrected chi connectivity index (χ0v) is 19.1. The average Bonchev–Trinajstić information content (AvgIpc) is 3.23. The van der Waals surface area contributed by atoms with Gasteiger partial charge in [0.15, 0.2) is 5.13 Å². The number of carbonyl (C=O) groups excluding carboxylic acids is 1. The molecule has 3 aromatic rings. The number of halogens is 1. The summed E-state index contributed by atoms with van der Waals surface area (Å²) in [7, 11) is 1.55. The zero-order valence-electron chi connectivity index (χ0n) is 17.5. The average molecular weight is 463 g/mol. The van der Waals surface area contributed by atoms with Gasteiger partial charge in [-0.1, -0.05) is 42.9 Å². The van der Waals surface area contributed by atoms with E-state index in [4.69, 9.17) is 16.3 Å². The van der Waals surface area contributed by atoms with Crippen molar-refractivity contribution in [3.63, 3.8) is 0 Å². The van der Waals surface area contributed by atoms with E-state index >= 15 is 0 Å². The first-order valence-electron chi connectivity index (χ1n) is 9.81. The third kappa shape index (κ3) is 4.95. The maximum absolute atomic E-state index is 13.4. The number of amides is 1. The predicted octanol–water partition coefficient (Wildman–Crippen LogP) is 4.86. The molecule has 0 bridgehead atoms. The maximum atomic E-state index is 13.4. The highest BCUT2D eigenvalue weighted by Gasteiger charge is 2.24. The van der Waals surface area contributed by atoms with E-state index in [1.807, 2.05) is 0 Å². The van der Waals surface area contributed by atoms with Crippen molar-refractivity contribution < 1.29 is 14.5 Å². The van der Waals surface area contributed by atoms with Gasteiger partial charge in [-0.05, 0) is 31.3 Å². The summed E-state index contributed by atoms with van der Waals surface area (Å²) in [5.74, 6) is 0.207. The number of thiazole rings is 1. The van der Waals surface area contributed by atoms with Gasteiger partial charge in [-0.25, -0.2) is 4.98 Å². The van der Waals surface area contributed by atoms with Gasteiger partial charge in [0, 0.05) is 30.8 Å². The minimum Gasteiger partial charge on any atom is -0.494 e. The van der Waals surface area contributed by atoms with Crippen molar-refractivity contribution in [2.24, 2.45) is 0 Å². The Kier molecular flexibility index (Phi) is 7.42. The monoisotopic (exact) mass is 462 g/mol. The Morgan fingerprint density at radius 3 is 2.61 bits per heavy atom. The van der Waals surface area contributed by atoms with Gasteiger partial charge in [-0.15, -0.1) is 0 Å². The molecule has 0 unspecified atom stereocenters. The smallest absolute Gasteiger partial charge is 0.270 e. The molecule has 0 fully saturated rings. The Morgan fingerprint density at radius 2 is 1.97 bits per heavy atom. The molecule has 0 aliphatic carbocycles. The van der Waals surface area contributed by atoms with Crippen LogP contribution in [-0.4, -0.2) is 54.0 Å². The van der Waals surface area contributed by atoms with Crippen LogP contribution in [0.1, 0.15) is 24.2 Å². The molecular weight excluding hydrogens is 440 g/mol. The number of benzene rings is 2. The summed E-state index contributed by atoms with van der Waals surface area (Å²) in [4.78, 5) is 32.4. The van der Waals surface area contributed by atoms with Gasteiger partial charge in [0.05, 0.1) is 21.8 Å². The van der Waals surface area contributed by atoms with E-state index in [0.717, 1.165) is 17.8 Å². The number of carbonyl (C=O) groups is 1. The summed E-state index contributed by atoms with van der Waals surface area (Å²) < 4.78 is 6.11. The van der Waals surface area contributed by atoms with Crippen LogP contribution in [0, 0.1) is 10.1 Å². The highest BCUT2D eigenvalue weighted by atomic mass is 35.5. The number of aromatic nitrogens is 1. The fourth-order valence-electron chi connectivity index (χ4n) is 3.20. The van der Waals surface area contributed by atoms with Gasteiger partial charge in [-0.2, -0.15) is 0 Å². The molecule has 10 heteroatoms. The number of ether oxygens (including phenoxy) is 1. The number of likely N-dealkylation sites (N-methyl/N-ethyl adjacent to an activating group) is 1. The van der Waals surface area contributed by atoms with Gasteiger partial charge in [0.25, 0.3) is 11.6 Å². The molecule has 164 valence electrons. The van der Waals surface area contributed by atoms with E-state index in [1.54, 1.807) is 30.2 Å². The number of hydrogen-bond donors (Lipinski definition) is 0. The summed E-state index contributed by atoms with van der Waals surface area (Å²) in [6.07, 6.45) is 0. The molecule has 0 atom stereocenters. The molecule has 1 heterocycles. The molecule has 0 aliphatic rings. The summed E-state index contributed by atoms with van der Waals surface area (Å²) >= 11 is 7.65. The standard InChI is InChI=1S/C21H23ClN4O4S/c1-4-24(5-2)11-12-25(20(27)14-7-6-8-15(13-14)26(28)29)21-23-18-17(30-3)10-9-16(22)19(18)31-21/h6-10,13H,4-5,11-12H2,1-3H3. The van der Waals surface area contributed by atoms with Crippen molar-refractivity contribution in [1.29, 1.82) is 0 Å². The molecule has 1 aromatic heterocycles. The molecule has 0 aliphatic heterocycles. The lowest BCUT2D eigenvalue weighted by Crippen LogP contribution is -2.38. The van der Waals surface area contributed by atoms with E-state index in [0.29, 0.717) is 34.5 Å². The SMILES string of the molecule is CCN(CC)CCN(C(=O)c1cccc([N+](=O)[O-])c1)c1nc2c(OC)ccc(Cl)c2s1. The zero-order chi connectivity index (χ0) is 22.5. The number of nitro groups is 1. The second kappa shape index (κ2) is 10.0. The Labute approximate surface area is 189 Å². The first-order chi connectivity index (χ1) is 14.9. The molecular formula is C21H23ClN4O4S. The van der Waals surface area contributed by atoms with Crippen LogP contribution in [0.25, 0.3) is 10.2 Å². The summed E-state index contributed by atoms with van der Waals surface area (Å²) in [6.45, 7) is 6.80. The molecule has 31 heavy (non-hydrogen) atoms. The predicted molar refractivity (Wildman–Crippen MR) is 124 cm³/mol. The van der Waals surface area contributed by atoms with Crippen LogP contribution in [0.15, 0.2) is 36.4 Å². The van der Waals surface area contributed by atoms with Crippen molar-refractivity contribution in [2.45, 2.75) is 13.8 Å². The van der Waals surface area contributed by atoms with E-state index in [9.17, 15) is 14.9 Å². The third-order valence-corrected chi connectivity index (χ3v) is 6.52. The highest BCUT2D eigenvalue weighted by Crippen LogP contribution is 2.39. The maximum Gasteiger partial charge on any atom is 0.270 e. The number of non-ortho nitro benzene ring substituents is 1. The van der Waals surface area contributed by atoms with Gasteiger partial charge < -0.3 is 9.64 Å². The van der Waals surface area contributed by atoms with Crippen molar-refractivity contribution >= 4 is 49.9 Å². The van der Waals surface area contributed by atoms with E-state index < -0.39 is 4.92 Å². The highest BCUT2D eigenvalue weighted by molar-refractivity contribution is 7.23. The summed E-state index contributed by atoms with van der Waals surface area (Å²) in [6, 6.07) is 9.18. The fourth-order valence-corrected chi connectivity index (χ4v) is 4.48. The lowest BCUT2D eigenvalue weighted by molar-refractivity contribution is -0.384. The lowest BCUT2D eigenvalue weighted by atomic mass is 10.2. The topological polar surface area (TPSA) is 88.8 Å². The van der Waals surface area contributed by atoms with Crippen LogP contribution in [0.4, 0.5) is 10.8 Å². The molecule has 3 rings (SSSR count). The van der Waals surface area contributed by atoms with Crippen LogP contribution in [-0.2, 0) is 0 Å². The number of hydrogen-bond acceptors (Lipinski definition) is 7. The number of rotatable bonds is 9. The Balaban J connectivity index is 2.05. The number of nitrogens with zero attached hydrogens (tertiary/aromatic N) is 4. The van der Waals surface area contributed by atoms with Crippen LogP contribution < -0.4 is 9.64 Å². The molecule has 0 saturated carbocycles. The normalized spacial score (nSPS) is 11.1. The third-order valence-electron chi connectivity index (χ3n) is 4.98. The Hall–Kier alpha value is -2.75. The molecule has 2 aromatic carbocycles. The van der Waals surface area contributed by atoms with E-state index in [-0.39, 0.29) is 17.2 Å². The Morgan fingerprint density at radius 1 is 1.23 bits per heavy atom. The molecule has 8 nitrogen and oxygen atoms in total. The second-order valence-corrected chi connectivity index (χ2v) is 8.10. The van der Waals surface area contributed by atoms with Gasteiger partial charge >= 0.3 is 0 Å². The number of anilines is 1. The van der Waals surface area contributed by atoms with E-state index in [2.05, 4.69) is 23.7 Å². The van der Waals surface area contributed by atoms with Crippen molar-refractivity contribution in [3.8, 4) is 5.75 Å². The molecule has 0 saturated heterocycles. The van der Waals surface area contributed by atoms with Gasteiger partial charge in [-0.3, -0.25) is 19.8 Å².